The molecular weight excluding hydrogens is 360 g/mol. The van der Waals surface area contributed by atoms with E-state index in [4.69, 9.17) is 16.1 Å². The van der Waals surface area contributed by atoms with Crippen LogP contribution in [0.25, 0.3) is 16.8 Å². The van der Waals surface area contributed by atoms with Gasteiger partial charge in [0, 0.05) is 12.3 Å². The molecule has 0 unspecified atom stereocenters. The largest absolute Gasteiger partial charge is 0.361 e. The Hall–Kier alpha value is -2.51. The van der Waals surface area contributed by atoms with Crippen LogP contribution in [0.1, 0.15) is 16.3 Å². The molecular formula is C17H14ClN4O2S+. The summed E-state index contributed by atoms with van der Waals surface area (Å²) in [6, 6.07) is 5.64. The van der Waals surface area contributed by atoms with Gasteiger partial charge in [0.2, 0.25) is 0 Å². The van der Waals surface area contributed by atoms with Crippen LogP contribution in [0.2, 0.25) is 4.47 Å². The number of fused-ring (bicyclic) bond motifs is 1. The Bertz CT molecular complexity index is 1130. The van der Waals surface area contributed by atoms with E-state index in [1.807, 2.05) is 42.8 Å². The molecule has 4 aromatic rings. The summed E-state index contributed by atoms with van der Waals surface area (Å²) in [5.41, 5.74) is 2.66. The van der Waals surface area contributed by atoms with Crippen LogP contribution in [-0.2, 0) is 6.54 Å². The van der Waals surface area contributed by atoms with Crippen LogP contribution in [0.5, 0.6) is 0 Å². The van der Waals surface area contributed by atoms with Gasteiger partial charge in [0.05, 0.1) is 22.3 Å². The molecule has 0 saturated carbocycles. The highest BCUT2D eigenvalue weighted by molar-refractivity contribution is 7.15. The van der Waals surface area contributed by atoms with Gasteiger partial charge in [-0.05, 0) is 19.9 Å². The fourth-order valence-electron chi connectivity index (χ4n) is 2.94. The van der Waals surface area contributed by atoms with Crippen molar-refractivity contribution >= 4 is 28.6 Å². The van der Waals surface area contributed by atoms with Crippen LogP contribution in [-0.4, -0.2) is 14.5 Å². The van der Waals surface area contributed by atoms with Crippen LogP contribution < -0.4 is 10.1 Å². The summed E-state index contributed by atoms with van der Waals surface area (Å²) in [6.45, 7) is 4.20. The van der Waals surface area contributed by atoms with Gasteiger partial charge in [0.1, 0.15) is 24.1 Å². The Balaban J connectivity index is 1.99. The van der Waals surface area contributed by atoms with E-state index in [2.05, 4.69) is 10.1 Å². The number of rotatable bonds is 3. The molecule has 8 heteroatoms. The summed E-state index contributed by atoms with van der Waals surface area (Å²) >= 11 is 7.37. The summed E-state index contributed by atoms with van der Waals surface area (Å²) in [5, 5.41) is 3.97. The van der Waals surface area contributed by atoms with Gasteiger partial charge in [-0.25, -0.2) is 14.3 Å². The molecule has 0 radical (unpaired) electrons. The Labute approximate surface area is 151 Å². The van der Waals surface area contributed by atoms with Crippen molar-refractivity contribution in [1.82, 2.24) is 14.5 Å². The molecule has 0 atom stereocenters. The molecule has 6 nitrogen and oxygen atoms in total. The van der Waals surface area contributed by atoms with Gasteiger partial charge in [-0.3, -0.25) is 0 Å². The second kappa shape index (κ2) is 6.09. The van der Waals surface area contributed by atoms with E-state index in [1.165, 1.54) is 11.3 Å². The average molecular weight is 374 g/mol. The molecule has 0 spiro atoms. The molecule has 0 aliphatic carbocycles. The van der Waals surface area contributed by atoms with Crippen molar-refractivity contribution < 1.29 is 9.09 Å². The molecule has 4 heterocycles. The SMILES string of the molecule is Cc1noc(C)c1-c1c[n+](Cc2cnc(Cl)s2)c2ccccn2c1=O. The van der Waals surface area contributed by atoms with Crippen LogP contribution in [0.4, 0.5) is 0 Å². The monoisotopic (exact) mass is 373 g/mol. The number of hydrogen-bond donors (Lipinski definition) is 0. The Morgan fingerprint density at radius 3 is 2.88 bits per heavy atom. The minimum Gasteiger partial charge on any atom is -0.361 e. The topological polar surface area (TPSA) is 64.3 Å². The number of aryl methyl sites for hydroxylation is 2. The quantitative estimate of drug-likeness (QED) is 0.518. The first-order valence-electron chi connectivity index (χ1n) is 7.62. The minimum absolute atomic E-state index is 0.108. The molecule has 0 amide bonds. The molecule has 25 heavy (non-hydrogen) atoms. The maximum absolute atomic E-state index is 13.0. The summed E-state index contributed by atoms with van der Waals surface area (Å²) < 4.78 is 9.38. The van der Waals surface area contributed by atoms with Crippen molar-refractivity contribution in [3.8, 4) is 11.1 Å². The number of halogens is 1. The summed E-state index contributed by atoms with van der Waals surface area (Å²) in [7, 11) is 0. The smallest absolute Gasteiger partial charge is 0.350 e. The fraction of sp³-hybridized carbons (Fsp3) is 0.176. The summed E-state index contributed by atoms with van der Waals surface area (Å²) in [4.78, 5) is 18.1. The van der Waals surface area contributed by atoms with Gasteiger partial charge in [0.25, 0.3) is 5.65 Å². The second-order valence-corrected chi connectivity index (χ2v) is 7.38. The zero-order chi connectivity index (χ0) is 17.6. The van der Waals surface area contributed by atoms with E-state index in [1.54, 1.807) is 16.8 Å². The lowest BCUT2D eigenvalue weighted by molar-refractivity contribution is -0.664. The van der Waals surface area contributed by atoms with Crippen molar-refractivity contribution in [2.45, 2.75) is 20.4 Å². The predicted molar refractivity (Wildman–Crippen MR) is 95.1 cm³/mol. The van der Waals surface area contributed by atoms with Gasteiger partial charge in [0.15, 0.2) is 4.47 Å². The number of nitrogens with zero attached hydrogens (tertiary/aromatic N) is 4. The molecule has 0 bridgehead atoms. The van der Waals surface area contributed by atoms with Crippen molar-refractivity contribution in [1.29, 1.82) is 0 Å². The average Bonchev–Trinajstić information content (AvgIpc) is 3.16. The first kappa shape index (κ1) is 16.0. The third-order valence-corrected chi connectivity index (χ3v) is 5.12. The minimum atomic E-state index is -0.108. The van der Waals surface area contributed by atoms with Gasteiger partial charge in [-0.2, -0.15) is 4.40 Å². The second-order valence-electron chi connectivity index (χ2n) is 5.68. The van der Waals surface area contributed by atoms with Crippen molar-refractivity contribution in [2.75, 3.05) is 0 Å². The Morgan fingerprint density at radius 1 is 1.36 bits per heavy atom. The summed E-state index contributed by atoms with van der Waals surface area (Å²) in [5.74, 6) is 0.623. The van der Waals surface area contributed by atoms with E-state index in [-0.39, 0.29) is 5.56 Å². The van der Waals surface area contributed by atoms with Gasteiger partial charge in [-0.15, -0.1) is 11.3 Å². The highest BCUT2D eigenvalue weighted by atomic mass is 35.5. The van der Waals surface area contributed by atoms with Gasteiger partial charge in [-0.1, -0.05) is 22.8 Å². The van der Waals surface area contributed by atoms with Crippen molar-refractivity contribution in [2.24, 2.45) is 0 Å². The first-order valence-corrected chi connectivity index (χ1v) is 8.81. The molecule has 0 aromatic carbocycles. The number of aromatic nitrogens is 4. The molecule has 0 aliphatic rings. The Kier molecular flexibility index (Phi) is 3.89. The summed E-state index contributed by atoms with van der Waals surface area (Å²) in [6.07, 6.45) is 5.35. The van der Waals surface area contributed by atoms with Crippen LogP contribution >= 0.6 is 22.9 Å². The Morgan fingerprint density at radius 2 is 2.20 bits per heavy atom. The van der Waals surface area contributed by atoms with Crippen molar-refractivity contribution in [3.63, 3.8) is 0 Å². The number of hydrogen-bond acceptors (Lipinski definition) is 5. The molecule has 4 rings (SSSR count). The van der Waals surface area contributed by atoms with E-state index < -0.39 is 0 Å². The first-order chi connectivity index (χ1) is 12.0. The predicted octanol–water partition coefficient (Wildman–Crippen LogP) is 3.02. The number of pyridine rings is 1. The number of thiazole rings is 1. The maximum Gasteiger partial charge on any atom is 0.350 e. The molecule has 0 aliphatic heterocycles. The maximum atomic E-state index is 13.0. The van der Waals surface area contributed by atoms with Gasteiger partial charge >= 0.3 is 5.56 Å². The van der Waals surface area contributed by atoms with E-state index in [0.29, 0.717) is 28.0 Å². The third kappa shape index (κ3) is 2.75. The van der Waals surface area contributed by atoms with Gasteiger partial charge < -0.3 is 4.52 Å². The molecule has 0 saturated heterocycles. The zero-order valence-electron chi connectivity index (χ0n) is 13.6. The molecule has 0 fully saturated rings. The molecule has 126 valence electrons. The lowest BCUT2D eigenvalue weighted by Crippen LogP contribution is -2.40. The third-order valence-electron chi connectivity index (χ3n) is 4.02. The van der Waals surface area contributed by atoms with E-state index in [0.717, 1.165) is 16.1 Å². The van der Waals surface area contributed by atoms with Crippen molar-refractivity contribution in [3.05, 3.63) is 67.9 Å². The van der Waals surface area contributed by atoms with Crippen LogP contribution in [0.15, 0.2) is 46.1 Å². The lowest BCUT2D eigenvalue weighted by atomic mass is 10.1. The standard InChI is InChI=1S/C17H14ClN4O2S/c1-10-15(11(2)24-20-10)13-9-21(8-12-7-19-17(18)25-12)14-5-3-4-6-22(14)16(13)23/h3-7,9H,8H2,1-2H3/q+1. The van der Waals surface area contributed by atoms with E-state index in [9.17, 15) is 4.79 Å². The normalized spacial score (nSPS) is 11.3. The van der Waals surface area contributed by atoms with Crippen LogP contribution in [0.3, 0.4) is 0 Å². The highest BCUT2D eigenvalue weighted by Gasteiger charge is 2.22. The molecule has 4 aromatic heterocycles. The fourth-order valence-corrected chi connectivity index (χ4v) is 3.91. The lowest BCUT2D eigenvalue weighted by Gasteiger charge is -2.06. The van der Waals surface area contributed by atoms with E-state index >= 15 is 0 Å². The molecule has 0 N–H and O–H groups in total. The van der Waals surface area contributed by atoms with Crippen LogP contribution in [0, 0.1) is 13.8 Å². The zero-order valence-corrected chi connectivity index (χ0v) is 15.1. The highest BCUT2D eigenvalue weighted by Crippen LogP contribution is 2.23.